The van der Waals surface area contributed by atoms with Gasteiger partial charge in [-0.15, -0.1) is 0 Å². The number of piperidine rings is 1. The van der Waals surface area contributed by atoms with Crippen LogP contribution in [-0.4, -0.2) is 42.5 Å². The van der Waals surface area contributed by atoms with Crippen molar-refractivity contribution in [3.63, 3.8) is 0 Å². The van der Waals surface area contributed by atoms with E-state index in [4.69, 9.17) is 4.74 Å². The summed E-state index contributed by atoms with van der Waals surface area (Å²) >= 11 is 0. The highest BCUT2D eigenvalue weighted by atomic mass is 16.5. The van der Waals surface area contributed by atoms with Crippen molar-refractivity contribution in [3.05, 3.63) is 60.2 Å². The largest absolute Gasteiger partial charge is 0.462 e. The molecular weight excluding hydrogens is 406 g/mol. The topological polar surface area (TPSA) is 87.7 Å². The number of benzene rings is 2. The zero-order chi connectivity index (χ0) is 22.9. The van der Waals surface area contributed by atoms with Crippen LogP contribution < -0.4 is 10.6 Å². The maximum absolute atomic E-state index is 12.8. The SMILES string of the molecule is CCOC(=O)c1cccc(NC(=O)N2CCC(CC(=O)Nc3ccccc3)C(CC)C2)c1. The molecule has 1 heterocycles. The molecule has 0 radical (unpaired) electrons. The zero-order valence-corrected chi connectivity index (χ0v) is 18.7. The molecule has 32 heavy (non-hydrogen) atoms. The Labute approximate surface area is 189 Å². The van der Waals surface area contributed by atoms with Crippen molar-refractivity contribution in [1.82, 2.24) is 4.90 Å². The molecule has 2 aromatic carbocycles. The van der Waals surface area contributed by atoms with Gasteiger partial charge in [0.05, 0.1) is 12.2 Å². The third-order valence-electron chi connectivity index (χ3n) is 5.83. The van der Waals surface area contributed by atoms with Crippen LogP contribution in [0.2, 0.25) is 0 Å². The summed E-state index contributed by atoms with van der Waals surface area (Å²) in [6.07, 6.45) is 2.12. The Morgan fingerprint density at radius 2 is 1.72 bits per heavy atom. The highest BCUT2D eigenvalue weighted by Gasteiger charge is 2.31. The Morgan fingerprint density at radius 1 is 0.969 bits per heavy atom. The van der Waals surface area contributed by atoms with Crippen molar-refractivity contribution in [3.8, 4) is 0 Å². The highest BCUT2D eigenvalue weighted by Crippen LogP contribution is 2.30. The number of likely N-dealkylation sites (tertiary alicyclic amines) is 1. The molecule has 0 bridgehead atoms. The van der Waals surface area contributed by atoms with Gasteiger partial charge in [0.25, 0.3) is 0 Å². The molecule has 7 nitrogen and oxygen atoms in total. The lowest BCUT2D eigenvalue weighted by atomic mass is 9.81. The third-order valence-corrected chi connectivity index (χ3v) is 5.83. The van der Waals surface area contributed by atoms with Crippen LogP contribution in [0.5, 0.6) is 0 Å². The second-order valence-corrected chi connectivity index (χ2v) is 8.01. The average molecular weight is 438 g/mol. The van der Waals surface area contributed by atoms with E-state index >= 15 is 0 Å². The maximum atomic E-state index is 12.8. The molecule has 2 atom stereocenters. The molecule has 1 aliphatic rings. The van der Waals surface area contributed by atoms with Crippen LogP contribution in [0.25, 0.3) is 0 Å². The average Bonchev–Trinajstić information content (AvgIpc) is 2.80. The van der Waals surface area contributed by atoms with Crippen molar-refractivity contribution in [2.24, 2.45) is 11.8 Å². The molecule has 3 rings (SSSR count). The van der Waals surface area contributed by atoms with Crippen LogP contribution in [0.4, 0.5) is 16.2 Å². The molecule has 1 saturated heterocycles. The summed E-state index contributed by atoms with van der Waals surface area (Å²) in [5.41, 5.74) is 1.75. The predicted octanol–water partition coefficient (Wildman–Crippen LogP) is 4.77. The van der Waals surface area contributed by atoms with Gasteiger partial charge in [0.1, 0.15) is 0 Å². The Balaban J connectivity index is 1.55. The lowest BCUT2D eigenvalue weighted by Gasteiger charge is -2.38. The van der Waals surface area contributed by atoms with E-state index in [2.05, 4.69) is 17.6 Å². The van der Waals surface area contributed by atoms with E-state index in [-0.39, 0.29) is 23.8 Å². The van der Waals surface area contributed by atoms with Gasteiger partial charge in [0.2, 0.25) is 5.91 Å². The minimum Gasteiger partial charge on any atom is -0.462 e. The van der Waals surface area contributed by atoms with Crippen molar-refractivity contribution < 1.29 is 19.1 Å². The van der Waals surface area contributed by atoms with Crippen LogP contribution >= 0.6 is 0 Å². The number of amides is 3. The molecule has 2 aromatic rings. The maximum Gasteiger partial charge on any atom is 0.338 e. The first kappa shape index (κ1) is 23.3. The number of hydrogen-bond donors (Lipinski definition) is 2. The summed E-state index contributed by atoms with van der Waals surface area (Å²) in [5, 5.41) is 5.84. The van der Waals surface area contributed by atoms with E-state index in [1.807, 2.05) is 30.3 Å². The number of anilines is 2. The fraction of sp³-hybridized carbons (Fsp3) is 0.400. The number of rotatable bonds is 7. The first-order valence-corrected chi connectivity index (χ1v) is 11.2. The van der Waals surface area contributed by atoms with E-state index in [9.17, 15) is 14.4 Å². The van der Waals surface area contributed by atoms with Crippen LogP contribution in [-0.2, 0) is 9.53 Å². The lowest BCUT2D eigenvalue weighted by Crippen LogP contribution is -2.46. The van der Waals surface area contributed by atoms with Crippen LogP contribution in [0, 0.1) is 11.8 Å². The summed E-state index contributed by atoms with van der Waals surface area (Å²) in [7, 11) is 0. The molecule has 170 valence electrons. The molecule has 0 spiro atoms. The van der Waals surface area contributed by atoms with Crippen LogP contribution in [0.3, 0.4) is 0 Å². The van der Waals surface area contributed by atoms with E-state index in [0.29, 0.717) is 37.4 Å². The predicted molar refractivity (Wildman–Crippen MR) is 125 cm³/mol. The lowest BCUT2D eigenvalue weighted by molar-refractivity contribution is -0.117. The van der Waals surface area contributed by atoms with Gasteiger partial charge in [-0.2, -0.15) is 0 Å². The van der Waals surface area contributed by atoms with E-state index < -0.39 is 5.97 Å². The van der Waals surface area contributed by atoms with Crippen molar-refractivity contribution in [2.75, 3.05) is 30.3 Å². The summed E-state index contributed by atoms with van der Waals surface area (Å²) in [4.78, 5) is 39.0. The van der Waals surface area contributed by atoms with Crippen molar-refractivity contribution >= 4 is 29.3 Å². The number of carbonyl (C=O) groups excluding carboxylic acids is 3. The number of para-hydroxylation sites is 1. The fourth-order valence-corrected chi connectivity index (χ4v) is 4.11. The van der Waals surface area contributed by atoms with Gasteiger partial charge < -0.3 is 20.3 Å². The molecule has 3 amide bonds. The van der Waals surface area contributed by atoms with E-state index in [1.165, 1.54) is 0 Å². The van der Waals surface area contributed by atoms with Gasteiger partial charge in [-0.25, -0.2) is 9.59 Å². The number of esters is 1. The molecular formula is C25H31N3O4. The highest BCUT2D eigenvalue weighted by molar-refractivity contribution is 5.94. The number of nitrogens with zero attached hydrogens (tertiary/aromatic N) is 1. The van der Waals surface area contributed by atoms with Gasteiger partial charge in [-0.3, -0.25) is 4.79 Å². The van der Waals surface area contributed by atoms with E-state index in [0.717, 1.165) is 18.5 Å². The van der Waals surface area contributed by atoms with Crippen molar-refractivity contribution in [1.29, 1.82) is 0 Å². The summed E-state index contributed by atoms with van der Waals surface area (Å²) in [5.74, 6) is 0.0827. The van der Waals surface area contributed by atoms with Gasteiger partial charge >= 0.3 is 12.0 Å². The van der Waals surface area contributed by atoms with Gasteiger partial charge in [-0.05, 0) is 55.5 Å². The normalized spacial score (nSPS) is 18.0. The van der Waals surface area contributed by atoms with Crippen LogP contribution in [0.15, 0.2) is 54.6 Å². The molecule has 2 unspecified atom stereocenters. The third kappa shape index (κ3) is 6.33. The number of ether oxygens (including phenoxy) is 1. The number of carbonyl (C=O) groups is 3. The molecule has 0 aliphatic carbocycles. The summed E-state index contributed by atoms with van der Waals surface area (Å²) < 4.78 is 5.02. The first-order valence-electron chi connectivity index (χ1n) is 11.2. The number of hydrogen-bond acceptors (Lipinski definition) is 4. The molecule has 7 heteroatoms. The van der Waals surface area contributed by atoms with Crippen molar-refractivity contribution in [2.45, 2.75) is 33.1 Å². The second-order valence-electron chi connectivity index (χ2n) is 8.01. The second kappa shape index (κ2) is 11.3. The number of nitrogens with one attached hydrogen (secondary N) is 2. The summed E-state index contributed by atoms with van der Waals surface area (Å²) in [6.45, 7) is 5.33. The van der Waals surface area contributed by atoms with Crippen LogP contribution in [0.1, 0.15) is 43.5 Å². The van der Waals surface area contributed by atoms with Gasteiger partial charge in [-0.1, -0.05) is 37.6 Å². The Morgan fingerprint density at radius 3 is 2.44 bits per heavy atom. The molecule has 0 saturated carbocycles. The Kier molecular flexibility index (Phi) is 8.25. The first-order chi connectivity index (χ1) is 15.5. The van der Waals surface area contributed by atoms with E-state index in [1.54, 1.807) is 36.1 Å². The van der Waals surface area contributed by atoms with Gasteiger partial charge in [0, 0.05) is 30.9 Å². The molecule has 0 aromatic heterocycles. The fourth-order valence-electron chi connectivity index (χ4n) is 4.11. The Hall–Kier alpha value is -3.35. The quantitative estimate of drug-likeness (QED) is 0.611. The zero-order valence-electron chi connectivity index (χ0n) is 18.7. The molecule has 1 fully saturated rings. The summed E-state index contributed by atoms with van der Waals surface area (Å²) in [6, 6.07) is 16.0. The molecule has 1 aliphatic heterocycles. The standard InChI is InChI=1S/C25H31N3O4/c1-3-18-17-28(14-13-19(18)16-23(29)26-21-10-6-5-7-11-21)25(31)27-22-12-8-9-20(15-22)24(30)32-4-2/h5-12,15,18-19H,3-4,13-14,16-17H2,1-2H3,(H,26,29)(H,27,31). The Bertz CT molecular complexity index is 932. The minimum atomic E-state index is -0.413. The monoisotopic (exact) mass is 437 g/mol. The van der Waals surface area contributed by atoms with Gasteiger partial charge in [0.15, 0.2) is 0 Å². The molecule has 2 N–H and O–H groups in total. The minimum absolute atomic E-state index is 0.00771. The number of urea groups is 1. The smallest absolute Gasteiger partial charge is 0.338 e.